The van der Waals surface area contributed by atoms with E-state index in [0.29, 0.717) is 12.8 Å². The molecule has 2 saturated carbocycles. The van der Waals surface area contributed by atoms with Gasteiger partial charge in [0.15, 0.2) is 9.84 Å². The van der Waals surface area contributed by atoms with Crippen LogP contribution in [0.25, 0.3) is 0 Å². The van der Waals surface area contributed by atoms with Crippen molar-refractivity contribution >= 4 is 39.4 Å². The Balaban J connectivity index is 1.89. The van der Waals surface area contributed by atoms with E-state index >= 15 is 0 Å². The molecule has 2 fully saturated rings. The van der Waals surface area contributed by atoms with Crippen LogP contribution >= 0.6 is 0 Å². The lowest BCUT2D eigenvalue weighted by molar-refractivity contribution is -0.139. The van der Waals surface area contributed by atoms with Gasteiger partial charge in [0.25, 0.3) is 11.8 Å². The molecule has 5 N–H and O–H groups in total. The minimum atomic E-state index is -3.61. The van der Waals surface area contributed by atoms with Crippen LogP contribution in [0, 0.1) is 28.6 Å². The summed E-state index contributed by atoms with van der Waals surface area (Å²) in [4.78, 5) is 67.7. The number of nitrogens with zero attached hydrogens (tertiary/aromatic N) is 1. The molecular weight excluding hydrogens is 622 g/mol. The number of fused-ring (bicyclic) bond motifs is 1. The maximum atomic E-state index is 14.3. The van der Waals surface area contributed by atoms with Crippen LogP contribution in [-0.2, 0) is 29.0 Å². The number of sulfone groups is 1. The van der Waals surface area contributed by atoms with Crippen LogP contribution in [0.4, 0.5) is 4.79 Å². The molecule has 0 aromatic rings. The van der Waals surface area contributed by atoms with Crippen molar-refractivity contribution in [2.24, 2.45) is 34.3 Å². The summed E-state index contributed by atoms with van der Waals surface area (Å²) in [6.07, 6.45) is 3.48. The molecule has 3 rings (SSSR count). The van der Waals surface area contributed by atoms with Gasteiger partial charge in [-0.3, -0.25) is 19.2 Å². The van der Waals surface area contributed by atoms with Gasteiger partial charge in [-0.1, -0.05) is 67.7 Å². The van der Waals surface area contributed by atoms with E-state index in [2.05, 4.69) is 16.0 Å². The predicted molar refractivity (Wildman–Crippen MR) is 180 cm³/mol. The molecule has 2 aliphatic carbocycles. The van der Waals surface area contributed by atoms with Gasteiger partial charge in [-0.05, 0) is 68.8 Å². The summed E-state index contributed by atoms with van der Waals surface area (Å²) in [5, 5.41) is 8.40. The minimum absolute atomic E-state index is 0.0671. The topological polar surface area (TPSA) is 185 Å². The third-order valence-corrected chi connectivity index (χ3v) is 12.8. The highest BCUT2D eigenvalue weighted by Crippen LogP contribution is 2.63. The second-order valence-corrected chi connectivity index (χ2v) is 19.9. The number of hydrogen-bond acceptors (Lipinski definition) is 7. The third-order valence-electron chi connectivity index (χ3n) is 9.96. The van der Waals surface area contributed by atoms with Gasteiger partial charge >= 0.3 is 6.03 Å². The summed E-state index contributed by atoms with van der Waals surface area (Å²) in [5.74, 6) is -3.23. The van der Waals surface area contributed by atoms with Crippen LogP contribution in [0.2, 0.25) is 0 Å². The Kier molecular flexibility index (Phi) is 10.8. The summed E-state index contributed by atoms with van der Waals surface area (Å²) in [6, 6.07) is -2.88. The second kappa shape index (κ2) is 13.2. The van der Waals surface area contributed by atoms with Crippen molar-refractivity contribution in [3.8, 4) is 0 Å². The Bertz CT molecular complexity index is 1430. The third kappa shape index (κ3) is 8.56. The molecular formula is C34H57N5O7S. The standard InChI is InChI=1S/C34H57N5O7S/c1-19(2)16-34(11,18-47(45,46)32(6,7)8)38-30(44)37-26(31(3,4)5)29(43)39-17-21-23(33(21,9)10)24(39)28(42)36-22(25(40)27(35)41)15-20-13-12-14-20/h19-22,26H,12-18H2,1-11H3,(H2,35,41)(H,36,42)(H2,37,38,44)/t21?,22?,26-,34?/m1/s1. The number of amides is 5. The Hall–Kier alpha value is -2.96. The van der Waals surface area contributed by atoms with Crippen molar-refractivity contribution in [3.63, 3.8) is 0 Å². The van der Waals surface area contributed by atoms with E-state index in [1.54, 1.807) is 48.5 Å². The maximum absolute atomic E-state index is 14.3. The largest absolute Gasteiger partial charge is 0.363 e. The molecule has 3 aliphatic rings. The number of ketones is 1. The lowest BCUT2D eigenvalue weighted by Crippen LogP contribution is -2.62. The van der Waals surface area contributed by atoms with Crippen LogP contribution in [0.15, 0.2) is 11.3 Å². The number of Topliss-reactive ketones (excluding diaryl/α,β-unsaturated/α-hetero) is 1. The average Bonchev–Trinajstić information content (AvgIpc) is 3.17. The molecule has 3 unspecified atom stereocenters. The quantitative estimate of drug-likeness (QED) is 0.215. The van der Waals surface area contributed by atoms with Crippen molar-refractivity contribution < 1.29 is 32.4 Å². The zero-order chi connectivity index (χ0) is 36.1. The van der Waals surface area contributed by atoms with Crippen LogP contribution < -0.4 is 21.7 Å². The zero-order valence-electron chi connectivity index (χ0n) is 30.1. The molecule has 5 amide bonds. The van der Waals surface area contributed by atoms with Gasteiger partial charge in [-0.25, -0.2) is 13.2 Å². The van der Waals surface area contributed by atoms with Gasteiger partial charge in [0.1, 0.15) is 11.7 Å². The Morgan fingerprint density at radius 3 is 2.00 bits per heavy atom. The molecule has 0 bridgehead atoms. The molecule has 0 radical (unpaired) electrons. The van der Waals surface area contributed by atoms with Crippen molar-refractivity contribution in [1.82, 2.24) is 20.9 Å². The number of nitrogens with two attached hydrogens (primary N) is 1. The van der Waals surface area contributed by atoms with Gasteiger partial charge in [-0.15, -0.1) is 0 Å². The van der Waals surface area contributed by atoms with E-state index in [-0.39, 0.29) is 41.2 Å². The van der Waals surface area contributed by atoms with E-state index in [4.69, 9.17) is 5.73 Å². The summed E-state index contributed by atoms with van der Waals surface area (Å²) in [6.45, 7) is 20.0. The first-order valence-corrected chi connectivity index (χ1v) is 18.4. The molecule has 1 aliphatic heterocycles. The van der Waals surface area contributed by atoms with E-state index in [9.17, 15) is 32.4 Å². The first kappa shape index (κ1) is 38.5. The Morgan fingerprint density at radius 2 is 1.55 bits per heavy atom. The van der Waals surface area contributed by atoms with Crippen LogP contribution in [-0.4, -0.2) is 77.5 Å². The highest BCUT2D eigenvalue weighted by Gasteiger charge is 2.62. The molecule has 0 spiro atoms. The van der Waals surface area contributed by atoms with Crippen molar-refractivity contribution in [1.29, 1.82) is 0 Å². The fourth-order valence-electron chi connectivity index (χ4n) is 6.91. The van der Waals surface area contributed by atoms with Crippen molar-refractivity contribution in [2.75, 3.05) is 12.3 Å². The number of primary amides is 1. The maximum Gasteiger partial charge on any atom is 0.315 e. The number of nitrogens with one attached hydrogen (secondary N) is 3. The number of carbonyl (C=O) groups is 5. The molecule has 1 heterocycles. The number of urea groups is 1. The molecule has 4 atom stereocenters. The SMILES string of the molecule is CC(C)CC(C)(CS(=O)(=O)C(C)(C)C)NC(=O)N[C@H](C(=O)N1CC2C(=C1C(=O)NC(CC1CCC1)C(=O)C(N)=O)C2(C)C)C(C)(C)C. The first-order chi connectivity index (χ1) is 21.2. The van der Waals surface area contributed by atoms with Crippen molar-refractivity contribution in [3.05, 3.63) is 11.3 Å². The van der Waals surface area contributed by atoms with Crippen molar-refractivity contribution in [2.45, 2.75) is 131 Å². The molecule has 266 valence electrons. The predicted octanol–water partition coefficient (Wildman–Crippen LogP) is 3.20. The van der Waals surface area contributed by atoms with Crippen LogP contribution in [0.5, 0.6) is 0 Å². The summed E-state index contributed by atoms with van der Waals surface area (Å²) in [7, 11) is -3.61. The highest BCUT2D eigenvalue weighted by atomic mass is 32.2. The fraction of sp³-hybridized carbons (Fsp3) is 0.794. The highest BCUT2D eigenvalue weighted by molar-refractivity contribution is 7.92. The molecule has 0 aromatic heterocycles. The van der Waals surface area contributed by atoms with Gasteiger partial charge in [0.2, 0.25) is 11.7 Å². The summed E-state index contributed by atoms with van der Waals surface area (Å²) in [5.41, 5.74) is 3.98. The fourth-order valence-corrected chi connectivity index (χ4v) is 8.38. The normalized spacial score (nSPS) is 22.0. The molecule has 0 saturated heterocycles. The number of rotatable bonds is 13. The van der Waals surface area contributed by atoms with E-state index in [0.717, 1.165) is 24.8 Å². The summed E-state index contributed by atoms with van der Waals surface area (Å²) >= 11 is 0. The molecule has 47 heavy (non-hydrogen) atoms. The van der Waals surface area contributed by atoms with Crippen LogP contribution in [0.3, 0.4) is 0 Å². The monoisotopic (exact) mass is 679 g/mol. The minimum Gasteiger partial charge on any atom is -0.363 e. The molecule has 13 heteroatoms. The van der Waals surface area contributed by atoms with E-state index in [1.165, 1.54) is 4.90 Å². The molecule has 0 aromatic carbocycles. The van der Waals surface area contributed by atoms with E-state index in [1.807, 2.05) is 27.7 Å². The average molecular weight is 680 g/mol. The molecule has 12 nitrogen and oxygen atoms in total. The lowest BCUT2D eigenvalue weighted by atomic mass is 9.80. The smallest absolute Gasteiger partial charge is 0.315 e. The number of carbonyl (C=O) groups excluding carboxylic acids is 5. The van der Waals surface area contributed by atoms with Crippen LogP contribution in [0.1, 0.15) is 108 Å². The Morgan fingerprint density at radius 1 is 0.979 bits per heavy atom. The zero-order valence-corrected chi connectivity index (χ0v) is 30.9. The van der Waals surface area contributed by atoms with Gasteiger partial charge in [-0.2, -0.15) is 0 Å². The van der Waals surface area contributed by atoms with Gasteiger partial charge in [0.05, 0.1) is 22.1 Å². The lowest BCUT2D eigenvalue weighted by Gasteiger charge is -2.38. The van der Waals surface area contributed by atoms with Gasteiger partial charge < -0.3 is 26.6 Å². The number of hydrogen-bond donors (Lipinski definition) is 4. The first-order valence-electron chi connectivity index (χ1n) is 16.7. The van der Waals surface area contributed by atoms with Gasteiger partial charge in [0, 0.05) is 12.5 Å². The summed E-state index contributed by atoms with van der Waals surface area (Å²) < 4.78 is 25.4. The second-order valence-electron chi connectivity index (χ2n) is 17.2. The Labute approximate surface area is 280 Å². The van der Waals surface area contributed by atoms with E-state index < -0.39 is 67.2 Å².